The van der Waals surface area contributed by atoms with Gasteiger partial charge in [-0.2, -0.15) is 0 Å². The average Bonchev–Trinajstić information content (AvgIpc) is 2.85. The van der Waals surface area contributed by atoms with Crippen LogP contribution in [0.1, 0.15) is 35.5 Å². The number of carbonyl (C=O) groups is 2. The molecule has 0 atom stereocenters. The van der Waals surface area contributed by atoms with Crippen molar-refractivity contribution in [2.75, 3.05) is 32.7 Å². The number of fused-ring (bicyclic) bond motifs is 2. The Labute approximate surface area is 198 Å². The van der Waals surface area contributed by atoms with Crippen molar-refractivity contribution in [3.05, 3.63) is 59.3 Å². The summed E-state index contributed by atoms with van der Waals surface area (Å²) in [6.07, 6.45) is 0.761. The Kier molecular flexibility index (Phi) is 6.98. The van der Waals surface area contributed by atoms with Gasteiger partial charge in [0, 0.05) is 66.1 Å². The van der Waals surface area contributed by atoms with Crippen molar-refractivity contribution >= 4 is 28.5 Å². The van der Waals surface area contributed by atoms with Crippen LogP contribution in [0.3, 0.4) is 0 Å². The van der Waals surface area contributed by atoms with Crippen molar-refractivity contribution in [2.24, 2.45) is 0 Å². The molecule has 8 heteroatoms. The van der Waals surface area contributed by atoms with Crippen LogP contribution in [0.15, 0.2) is 42.5 Å². The molecule has 0 unspecified atom stereocenters. The zero-order chi connectivity index (χ0) is 24.2. The van der Waals surface area contributed by atoms with E-state index in [1.165, 1.54) is 14.2 Å². The van der Waals surface area contributed by atoms with Gasteiger partial charge in [-0.3, -0.25) is 14.7 Å². The summed E-state index contributed by atoms with van der Waals surface area (Å²) < 4.78 is 15.9. The monoisotopic (exact) mass is 463 g/mol. The lowest BCUT2D eigenvalue weighted by molar-refractivity contribution is -0.119. The number of carbonyl (C=O) groups excluding carboxylic acids is 2. The van der Waals surface area contributed by atoms with Gasteiger partial charge in [-0.1, -0.05) is 18.2 Å². The van der Waals surface area contributed by atoms with Crippen LogP contribution in [-0.2, 0) is 22.5 Å². The number of aromatic nitrogens is 1. The molecule has 1 aliphatic heterocycles. The van der Waals surface area contributed by atoms with Gasteiger partial charge >= 0.3 is 5.97 Å². The number of pyridine rings is 1. The van der Waals surface area contributed by atoms with Crippen LogP contribution in [0.25, 0.3) is 10.9 Å². The van der Waals surface area contributed by atoms with Crippen molar-refractivity contribution in [2.45, 2.75) is 32.9 Å². The molecule has 2 heterocycles. The predicted octanol–water partition coefficient (Wildman–Crippen LogP) is 3.81. The van der Waals surface area contributed by atoms with E-state index < -0.39 is 18.5 Å². The van der Waals surface area contributed by atoms with Gasteiger partial charge in [-0.05, 0) is 19.9 Å². The minimum Gasteiger partial charge on any atom is -0.497 e. The highest BCUT2D eigenvalue weighted by Crippen LogP contribution is 2.30. The first-order valence-electron chi connectivity index (χ1n) is 11.2. The number of ether oxygens (including phenoxy) is 3. The first-order chi connectivity index (χ1) is 16.4. The Bertz CT molecular complexity index is 1200. The van der Waals surface area contributed by atoms with E-state index in [1.54, 1.807) is 18.2 Å². The van der Waals surface area contributed by atoms with Gasteiger partial charge in [0.25, 0.3) is 5.91 Å². The van der Waals surface area contributed by atoms with Gasteiger partial charge in [-0.25, -0.2) is 4.79 Å². The number of esters is 1. The maximum atomic E-state index is 13.3. The van der Waals surface area contributed by atoms with Crippen molar-refractivity contribution in [3.63, 3.8) is 0 Å². The lowest BCUT2D eigenvalue weighted by atomic mass is 9.95. The zero-order valence-corrected chi connectivity index (χ0v) is 19.9. The van der Waals surface area contributed by atoms with Gasteiger partial charge in [-0.15, -0.1) is 0 Å². The molecule has 1 aromatic heterocycles. The van der Waals surface area contributed by atoms with Gasteiger partial charge in [0.2, 0.25) is 0 Å². The highest BCUT2D eigenvalue weighted by atomic mass is 16.5. The summed E-state index contributed by atoms with van der Waals surface area (Å²) in [5, 5.41) is 3.45. The van der Waals surface area contributed by atoms with Crippen LogP contribution in [0, 0.1) is 0 Å². The summed E-state index contributed by atoms with van der Waals surface area (Å²) in [6.45, 7) is 5.35. The topological polar surface area (TPSA) is 90.0 Å². The summed E-state index contributed by atoms with van der Waals surface area (Å²) in [7, 11) is 3.06. The number of anilines is 1. The Morgan fingerprint density at radius 2 is 1.79 bits per heavy atom. The van der Waals surface area contributed by atoms with E-state index >= 15 is 0 Å². The van der Waals surface area contributed by atoms with Gasteiger partial charge in [0.05, 0.1) is 25.3 Å². The molecule has 0 aliphatic carbocycles. The summed E-state index contributed by atoms with van der Waals surface area (Å²) in [6, 6.07) is 12.9. The molecule has 0 saturated carbocycles. The van der Waals surface area contributed by atoms with Crippen LogP contribution in [0.2, 0.25) is 0 Å². The number of benzene rings is 2. The fourth-order valence-electron chi connectivity index (χ4n) is 4.16. The van der Waals surface area contributed by atoms with Crippen molar-refractivity contribution in [1.29, 1.82) is 0 Å². The summed E-state index contributed by atoms with van der Waals surface area (Å²) in [5.74, 6) is 0.0889. The third kappa shape index (κ3) is 4.97. The van der Waals surface area contributed by atoms with Crippen LogP contribution < -0.4 is 14.8 Å². The van der Waals surface area contributed by atoms with Crippen molar-refractivity contribution < 1.29 is 23.8 Å². The van der Waals surface area contributed by atoms with Crippen molar-refractivity contribution in [3.8, 4) is 11.5 Å². The van der Waals surface area contributed by atoms with Crippen LogP contribution in [0.5, 0.6) is 11.5 Å². The number of hydrogen-bond donors (Lipinski definition) is 1. The average molecular weight is 464 g/mol. The smallest absolute Gasteiger partial charge is 0.339 e. The lowest BCUT2D eigenvalue weighted by Crippen LogP contribution is -2.37. The molecule has 0 spiro atoms. The first-order valence-corrected chi connectivity index (χ1v) is 11.2. The standard InChI is InChI=1S/C26H29N3O5/c1-16(2)29-10-9-23-21(14-29)25(20-7-5-6-8-22(20)28-23)26(31)34-15-24(30)27-17-11-18(32-3)13-19(12-17)33-4/h5-8,11-13,16H,9-10,14-15H2,1-4H3,(H,27,30). The molecular weight excluding hydrogens is 434 g/mol. The maximum absolute atomic E-state index is 13.3. The molecule has 1 amide bonds. The second kappa shape index (κ2) is 10.1. The summed E-state index contributed by atoms with van der Waals surface area (Å²) in [5.41, 5.74) is 3.51. The molecule has 3 aromatic rings. The quantitative estimate of drug-likeness (QED) is 0.533. The Morgan fingerprint density at radius 1 is 1.09 bits per heavy atom. The minimum absolute atomic E-state index is 0.342. The molecule has 1 N–H and O–H groups in total. The highest BCUT2D eigenvalue weighted by molar-refractivity contribution is 6.06. The zero-order valence-electron chi connectivity index (χ0n) is 19.9. The number of nitrogens with one attached hydrogen (secondary N) is 1. The number of methoxy groups -OCH3 is 2. The molecule has 178 valence electrons. The summed E-state index contributed by atoms with van der Waals surface area (Å²) >= 11 is 0. The Hall–Kier alpha value is -3.65. The molecule has 0 fully saturated rings. The van der Waals surface area contributed by atoms with Crippen LogP contribution >= 0.6 is 0 Å². The fourth-order valence-corrected chi connectivity index (χ4v) is 4.16. The van der Waals surface area contributed by atoms with Gasteiger partial charge < -0.3 is 19.5 Å². The molecule has 34 heavy (non-hydrogen) atoms. The minimum atomic E-state index is -0.529. The van der Waals surface area contributed by atoms with Gasteiger partial charge in [0.15, 0.2) is 6.61 Å². The Balaban J connectivity index is 1.55. The number of rotatable bonds is 7. The van der Waals surface area contributed by atoms with Crippen LogP contribution in [0.4, 0.5) is 5.69 Å². The molecule has 0 bridgehead atoms. The van der Waals surface area contributed by atoms with E-state index in [0.29, 0.717) is 35.3 Å². The van der Waals surface area contributed by atoms with E-state index in [1.807, 2.05) is 24.3 Å². The lowest BCUT2D eigenvalue weighted by Gasteiger charge is -2.32. The number of amides is 1. The second-order valence-electron chi connectivity index (χ2n) is 8.47. The first kappa shape index (κ1) is 23.5. The number of hydrogen-bond acceptors (Lipinski definition) is 7. The molecular formula is C26H29N3O5. The predicted molar refractivity (Wildman–Crippen MR) is 129 cm³/mol. The normalized spacial score (nSPS) is 13.4. The fraction of sp³-hybridized carbons (Fsp3) is 0.346. The number of para-hydroxylation sites is 1. The van der Waals surface area contributed by atoms with E-state index in [-0.39, 0.29) is 0 Å². The molecule has 1 aliphatic rings. The third-order valence-electron chi connectivity index (χ3n) is 5.98. The second-order valence-corrected chi connectivity index (χ2v) is 8.47. The largest absolute Gasteiger partial charge is 0.497 e. The van der Waals surface area contributed by atoms with E-state index in [0.717, 1.165) is 35.1 Å². The van der Waals surface area contributed by atoms with Crippen LogP contribution in [-0.4, -0.2) is 55.2 Å². The van der Waals surface area contributed by atoms with E-state index in [4.69, 9.17) is 19.2 Å². The molecule has 8 nitrogen and oxygen atoms in total. The summed E-state index contributed by atoms with van der Waals surface area (Å²) in [4.78, 5) is 32.9. The SMILES string of the molecule is COc1cc(NC(=O)COC(=O)c2c3c(nc4ccccc24)CCN(C(C)C)C3)cc(OC)c1. The van der Waals surface area contributed by atoms with E-state index in [2.05, 4.69) is 24.1 Å². The molecule has 0 saturated heterocycles. The highest BCUT2D eigenvalue weighted by Gasteiger charge is 2.27. The maximum Gasteiger partial charge on any atom is 0.339 e. The number of nitrogens with zero attached hydrogens (tertiary/aromatic N) is 2. The van der Waals surface area contributed by atoms with Crippen molar-refractivity contribution in [1.82, 2.24) is 9.88 Å². The Morgan fingerprint density at radius 3 is 2.47 bits per heavy atom. The third-order valence-corrected chi connectivity index (χ3v) is 5.98. The molecule has 0 radical (unpaired) electrons. The van der Waals surface area contributed by atoms with E-state index in [9.17, 15) is 9.59 Å². The van der Waals surface area contributed by atoms with Gasteiger partial charge in [0.1, 0.15) is 11.5 Å². The molecule has 4 rings (SSSR count). The molecule has 2 aromatic carbocycles.